The van der Waals surface area contributed by atoms with Crippen LogP contribution >= 0.6 is 0 Å². The lowest BCUT2D eigenvalue weighted by Crippen LogP contribution is -2.47. The van der Waals surface area contributed by atoms with Gasteiger partial charge >= 0.3 is 0 Å². The number of hydrogen-bond acceptors (Lipinski definition) is 5. The number of pyridine rings is 1. The van der Waals surface area contributed by atoms with E-state index in [9.17, 15) is 5.11 Å². The lowest BCUT2D eigenvalue weighted by molar-refractivity contribution is 0.0552. The number of methoxy groups -OCH3 is 1. The maximum Gasteiger partial charge on any atom is 0.0589 e. The van der Waals surface area contributed by atoms with Gasteiger partial charge in [-0.2, -0.15) is 0 Å². The average Bonchev–Trinajstić information content (AvgIpc) is 2.81. The van der Waals surface area contributed by atoms with Crippen LogP contribution in [0.25, 0.3) is 0 Å². The lowest BCUT2D eigenvalue weighted by Gasteiger charge is -2.41. The van der Waals surface area contributed by atoms with E-state index in [2.05, 4.69) is 51.2 Å². The lowest BCUT2D eigenvalue weighted by atomic mass is 9.84. The predicted octanol–water partition coefficient (Wildman–Crippen LogP) is 3.62. The van der Waals surface area contributed by atoms with Gasteiger partial charge in [0, 0.05) is 45.2 Å². The Morgan fingerprint density at radius 3 is 2.52 bits per heavy atom. The summed E-state index contributed by atoms with van der Waals surface area (Å²) in [5, 5.41) is 9.63. The van der Waals surface area contributed by atoms with E-state index >= 15 is 0 Å². The maximum atomic E-state index is 9.63. The molecule has 1 aliphatic rings. The SMILES string of the molecule is COCCN(Cc1cccnc1)C(Cc1ccccc1)C1CCN(CCC(C)O)CC1. The summed E-state index contributed by atoms with van der Waals surface area (Å²) < 4.78 is 5.48. The number of aliphatic hydroxyl groups is 1. The standard InChI is InChI=1S/C26H39N3O2/c1-22(30)10-14-28-15-11-25(12-16-28)26(19-23-7-4-3-5-8-23)29(17-18-31-2)21-24-9-6-13-27-20-24/h3-9,13,20,22,25-26,30H,10-12,14-19,21H2,1-2H3. The molecule has 1 saturated heterocycles. The van der Waals surface area contributed by atoms with Crippen LogP contribution in [0.15, 0.2) is 54.9 Å². The molecule has 0 radical (unpaired) electrons. The van der Waals surface area contributed by atoms with E-state index in [1.165, 1.54) is 24.0 Å². The van der Waals surface area contributed by atoms with E-state index in [1.807, 2.05) is 25.4 Å². The van der Waals surface area contributed by atoms with Crippen LogP contribution in [0.2, 0.25) is 0 Å². The van der Waals surface area contributed by atoms with Crippen molar-refractivity contribution in [3.8, 4) is 0 Å². The van der Waals surface area contributed by atoms with Crippen molar-refractivity contribution in [2.75, 3.05) is 39.9 Å². The first-order valence-corrected chi connectivity index (χ1v) is 11.7. The smallest absolute Gasteiger partial charge is 0.0589 e. The first-order chi connectivity index (χ1) is 15.2. The fourth-order valence-corrected chi connectivity index (χ4v) is 4.68. The molecule has 31 heavy (non-hydrogen) atoms. The molecule has 0 spiro atoms. The molecule has 2 aromatic rings. The van der Waals surface area contributed by atoms with E-state index in [0.717, 1.165) is 52.2 Å². The second-order valence-electron chi connectivity index (χ2n) is 8.90. The van der Waals surface area contributed by atoms with Crippen LogP contribution in [-0.4, -0.2) is 71.9 Å². The maximum absolute atomic E-state index is 9.63. The summed E-state index contributed by atoms with van der Waals surface area (Å²) in [4.78, 5) is 9.47. The number of benzene rings is 1. The number of likely N-dealkylation sites (tertiary alicyclic amines) is 1. The largest absolute Gasteiger partial charge is 0.393 e. The fourth-order valence-electron chi connectivity index (χ4n) is 4.68. The van der Waals surface area contributed by atoms with Gasteiger partial charge in [0.15, 0.2) is 0 Å². The molecule has 0 bridgehead atoms. The summed E-state index contributed by atoms with van der Waals surface area (Å²) in [5.41, 5.74) is 2.66. The van der Waals surface area contributed by atoms with Crippen LogP contribution in [0.5, 0.6) is 0 Å². The first-order valence-electron chi connectivity index (χ1n) is 11.7. The molecule has 2 unspecified atom stereocenters. The van der Waals surface area contributed by atoms with E-state index in [4.69, 9.17) is 4.74 Å². The van der Waals surface area contributed by atoms with E-state index < -0.39 is 0 Å². The predicted molar refractivity (Wildman–Crippen MR) is 126 cm³/mol. The molecule has 2 heterocycles. The van der Waals surface area contributed by atoms with Crippen molar-refractivity contribution in [3.05, 3.63) is 66.0 Å². The van der Waals surface area contributed by atoms with Crippen LogP contribution in [0.4, 0.5) is 0 Å². The van der Waals surface area contributed by atoms with Crippen molar-refractivity contribution in [2.24, 2.45) is 5.92 Å². The van der Waals surface area contributed by atoms with Gasteiger partial charge in [-0.05, 0) is 68.8 Å². The van der Waals surface area contributed by atoms with Crippen LogP contribution in [0.3, 0.4) is 0 Å². The molecular formula is C26H39N3O2. The van der Waals surface area contributed by atoms with Gasteiger partial charge in [-0.15, -0.1) is 0 Å². The van der Waals surface area contributed by atoms with E-state index in [-0.39, 0.29) is 6.10 Å². The molecule has 1 N–H and O–H groups in total. The number of piperidine rings is 1. The van der Waals surface area contributed by atoms with Gasteiger partial charge in [-0.25, -0.2) is 0 Å². The summed E-state index contributed by atoms with van der Waals surface area (Å²) in [6, 6.07) is 15.6. The Morgan fingerprint density at radius 2 is 1.87 bits per heavy atom. The van der Waals surface area contributed by atoms with Gasteiger partial charge in [-0.1, -0.05) is 36.4 Å². The first kappa shape index (κ1) is 23.9. The number of ether oxygens (including phenoxy) is 1. The third-order valence-electron chi connectivity index (χ3n) is 6.49. The Labute approximate surface area is 188 Å². The molecule has 5 heteroatoms. The highest BCUT2D eigenvalue weighted by molar-refractivity contribution is 5.17. The van der Waals surface area contributed by atoms with Crippen LogP contribution in [0.1, 0.15) is 37.3 Å². The monoisotopic (exact) mass is 425 g/mol. The second kappa shape index (κ2) is 12.9. The number of nitrogens with zero attached hydrogens (tertiary/aromatic N) is 3. The minimum Gasteiger partial charge on any atom is -0.393 e. The summed E-state index contributed by atoms with van der Waals surface area (Å²) in [6.45, 7) is 7.67. The fraction of sp³-hybridized carbons (Fsp3) is 0.577. The molecular weight excluding hydrogens is 386 g/mol. The summed E-state index contributed by atoms with van der Waals surface area (Å²) in [6.07, 6.45) is 7.93. The normalized spacial score (nSPS) is 17.7. The Bertz CT molecular complexity index is 718. The summed E-state index contributed by atoms with van der Waals surface area (Å²) in [5.74, 6) is 0.650. The summed E-state index contributed by atoms with van der Waals surface area (Å²) >= 11 is 0. The molecule has 0 saturated carbocycles. The second-order valence-corrected chi connectivity index (χ2v) is 8.90. The Kier molecular flexibility index (Phi) is 9.94. The van der Waals surface area contributed by atoms with Gasteiger partial charge < -0.3 is 14.7 Å². The van der Waals surface area contributed by atoms with Crippen molar-refractivity contribution in [1.82, 2.24) is 14.8 Å². The number of rotatable bonds is 12. The Morgan fingerprint density at radius 1 is 1.13 bits per heavy atom. The molecule has 0 amide bonds. The van der Waals surface area contributed by atoms with Crippen LogP contribution < -0.4 is 0 Å². The molecule has 1 aromatic carbocycles. The van der Waals surface area contributed by atoms with Gasteiger partial charge in [-0.3, -0.25) is 9.88 Å². The number of aromatic nitrogens is 1. The van der Waals surface area contributed by atoms with Crippen molar-refractivity contribution < 1.29 is 9.84 Å². The van der Waals surface area contributed by atoms with Crippen molar-refractivity contribution >= 4 is 0 Å². The third-order valence-corrected chi connectivity index (χ3v) is 6.49. The van der Waals surface area contributed by atoms with E-state index in [0.29, 0.717) is 12.0 Å². The van der Waals surface area contributed by atoms with Gasteiger partial charge in [0.25, 0.3) is 0 Å². The molecule has 1 fully saturated rings. The Balaban J connectivity index is 1.73. The molecule has 170 valence electrons. The van der Waals surface area contributed by atoms with Crippen LogP contribution in [-0.2, 0) is 17.7 Å². The number of hydrogen-bond donors (Lipinski definition) is 1. The highest BCUT2D eigenvalue weighted by atomic mass is 16.5. The molecule has 0 aliphatic carbocycles. The molecule has 1 aromatic heterocycles. The average molecular weight is 426 g/mol. The zero-order chi connectivity index (χ0) is 21.9. The molecule has 5 nitrogen and oxygen atoms in total. The Hall–Kier alpha value is -1.79. The van der Waals surface area contributed by atoms with E-state index in [1.54, 1.807) is 7.11 Å². The zero-order valence-corrected chi connectivity index (χ0v) is 19.2. The highest BCUT2D eigenvalue weighted by Crippen LogP contribution is 2.28. The quantitative estimate of drug-likeness (QED) is 0.563. The van der Waals surface area contributed by atoms with Gasteiger partial charge in [0.1, 0.15) is 0 Å². The minimum atomic E-state index is -0.215. The van der Waals surface area contributed by atoms with Crippen molar-refractivity contribution in [1.29, 1.82) is 0 Å². The molecule has 3 rings (SSSR count). The zero-order valence-electron chi connectivity index (χ0n) is 19.2. The molecule has 2 atom stereocenters. The van der Waals surface area contributed by atoms with Gasteiger partial charge in [0.2, 0.25) is 0 Å². The van der Waals surface area contributed by atoms with Crippen molar-refractivity contribution in [2.45, 2.75) is 51.3 Å². The highest BCUT2D eigenvalue weighted by Gasteiger charge is 2.31. The number of aliphatic hydroxyl groups excluding tert-OH is 1. The van der Waals surface area contributed by atoms with Crippen molar-refractivity contribution in [3.63, 3.8) is 0 Å². The molecule has 1 aliphatic heterocycles. The van der Waals surface area contributed by atoms with Gasteiger partial charge in [0.05, 0.1) is 12.7 Å². The summed E-state index contributed by atoms with van der Waals surface area (Å²) in [7, 11) is 1.79. The topological polar surface area (TPSA) is 48.8 Å². The van der Waals surface area contributed by atoms with Crippen LogP contribution in [0, 0.1) is 5.92 Å². The minimum absolute atomic E-state index is 0.215. The third kappa shape index (κ3) is 8.00.